The standard InChI is InChI=1S/C24H35N3O4.C22H38N4O6.C22H33N3O5.C12H28N2O4.C7H8.C5H5N/c1-17-13-18(19-7-6-10-25-14-19)8-9-20(17)26-11-4-2-3-5-12-27-15-22(29)24(31)23(30)21(27)16-28;1-2-9-23-13-16-7-8-17(18(12-16)26(31)32)24-10-5-3-4-6-11-25-14-20(28)22(30)21(29)19(25)15-27;1-15-12-16(18-8-11-30-24-18)6-7-17(15)23-9-4-2-3-5-10-25-13-20(27)22(29)21(28)19(25)14-26;1-14(7-5-3-2-4-6-13)10(8-15)12(18)11(17)9-16;1-7-5-3-2-4-6-7;1-2-4-6-5-3-1/h6-10,13-14,21-24,26,28-31H,2-5,11-12,15-16H2,1H3;7-8,12,19-24,27-30H,2-6,9-11,13-15H2,1H3;6-8,11-12,19-23,26-29H,2-5,9-10,13-14H2,1H3;10-12,15-18H,2-9,13H2,1H3;2-6H,1H3;1-5H/t21-,22+,23-,24-;2*19-,20+,21-,22-;10-,11-,12-;;/m1111../s1. The van der Waals surface area contributed by atoms with E-state index in [1.807, 2.05) is 86.5 Å². The van der Waals surface area contributed by atoms with Crippen LogP contribution >= 0.6 is 0 Å². The number of likely N-dealkylation sites (N-methyl/N-ethyl adjacent to an activating group) is 1. The van der Waals surface area contributed by atoms with Gasteiger partial charge in [-0.2, -0.15) is 0 Å². The largest absolute Gasteiger partial charge is 0.395 e. The first-order chi connectivity index (χ1) is 59.9. The van der Waals surface area contributed by atoms with Crippen molar-refractivity contribution in [1.29, 1.82) is 0 Å². The smallest absolute Gasteiger partial charge is 0.292 e. The van der Waals surface area contributed by atoms with Gasteiger partial charge in [-0.25, -0.2) is 0 Å². The molecule has 0 amide bonds. The molecule has 0 radical (unpaired) electrons. The van der Waals surface area contributed by atoms with Crippen molar-refractivity contribution in [2.75, 3.05) is 135 Å². The van der Waals surface area contributed by atoms with E-state index in [4.69, 9.17) is 15.4 Å². The fourth-order valence-electron chi connectivity index (χ4n) is 15.1. The zero-order valence-electron chi connectivity index (χ0n) is 73.4. The molecule has 32 heteroatoms. The molecule has 0 bridgehead atoms. The van der Waals surface area contributed by atoms with Crippen molar-refractivity contribution in [3.05, 3.63) is 185 Å². The number of hydrogen-bond acceptors (Lipinski definition) is 31. The van der Waals surface area contributed by atoms with Crippen LogP contribution in [-0.2, 0) is 6.54 Å². The second-order valence-corrected chi connectivity index (χ2v) is 32.2. The van der Waals surface area contributed by atoms with Crippen LogP contribution < -0.4 is 27.0 Å². The molecular weight excluding hydrogens is 1590 g/mol. The molecule has 3 fully saturated rings. The lowest BCUT2D eigenvalue weighted by molar-refractivity contribution is -0.384. The summed E-state index contributed by atoms with van der Waals surface area (Å²) < 4.78 is 4.90. The highest BCUT2D eigenvalue weighted by Crippen LogP contribution is 2.30. The van der Waals surface area contributed by atoms with Gasteiger partial charge in [-0.1, -0.05) is 130 Å². The number of nitrogens with zero attached hydrogens (tertiary/aromatic N) is 8. The first kappa shape index (κ1) is 107. The molecule has 22 N–H and O–H groups in total. The van der Waals surface area contributed by atoms with E-state index in [2.05, 4.69) is 113 Å². The Morgan fingerprint density at radius 3 is 1.37 bits per heavy atom. The third-order valence-corrected chi connectivity index (χ3v) is 22.6. The number of piperidine rings is 3. The molecule has 3 aliphatic rings. The Balaban J connectivity index is 0.000000283. The molecule has 4 aromatic carbocycles. The Kier molecular flexibility index (Phi) is 53.1. The number of benzene rings is 4. The number of aliphatic hydroxyl groups is 16. The summed E-state index contributed by atoms with van der Waals surface area (Å²) in [5.74, 6) is 0. The molecule has 3 aliphatic heterocycles. The van der Waals surface area contributed by atoms with Gasteiger partial charge < -0.3 is 113 Å². The molecule has 0 unspecified atom stereocenters. The summed E-state index contributed by atoms with van der Waals surface area (Å²) in [4.78, 5) is 26.4. The number of likely N-dealkylation sites (tertiary alicyclic amines) is 3. The zero-order chi connectivity index (χ0) is 90.6. The third-order valence-electron chi connectivity index (χ3n) is 22.6. The van der Waals surface area contributed by atoms with Crippen LogP contribution in [0.5, 0.6) is 0 Å². The van der Waals surface area contributed by atoms with Crippen molar-refractivity contribution in [3.63, 3.8) is 0 Å². The van der Waals surface area contributed by atoms with Crippen molar-refractivity contribution in [2.45, 2.75) is 235 Å². The molecule has 10 rings (SSSR count). The van der Waals surface area contributed by atoms with Gasteiger partial charge in [0.25, 0.3) is 5.69 Å². The minimum absolute atomic E-state index is 0.0836. The molecule has 0 spiro atoms. The number of unbranched alkanes of at least 4 members (excludes halogenated alkanes) is 12. The van der Waals surface area contributed by atoms with Crippen LogP contribution in [0.2, 0.25) is 0 Å². The third kappa shape index (κ3) is 38.1. The summed E-state index contributed by atoms with van der Waals surface area (Å²) in [7, 11) is 1.79. The van der Waals surface area contributed by atoms with Gasteiger partial charge in [0.05, 0.1) is 86.5 Å². The number of nitro benzene ring substituents is 1. The van der Waals surface area contributed by atoms with E-state index in [9.17, 15) is 86.7 Å². The van der Waals surface area contributed by atoms with Crippen LogP contribution in [0.4, 0.5) is 22.7 Å². The predicted molar refractivity (Wildman–Crippen MR) is 484 cm³/mol. The molecule has 7 aromatic rings. The number of aliphatic hydroxyl groups excluding tert-OH is 16. The van der Waals surface area contributed by atoms with E-state index in [1.54, 1.807) is 44.0 Å². The fraction of sp³-hybridized carbons (Fsp3) is 0.598. The monoisotopic (exact) mass is 1740 g/mol. The SMILES string of the molecule is CCCNCc1ccc(NCCCCCCN2C[C@H](O)[C@@H](O)[C@H](O)[C@H]2CO)c([N+](=O)[O-])c1.CN(CCCCCCN)[C@H](CO)[C@@H](O)[C@H](O)CO.Cc1cc(-c2cccnc2)ccc1NCCCCCCN1C[C@H](O)[C@@H](O)[C@H](O)[C@H]1CO.Cc1cc(-c2ccon2)ccc1NCCCCCCN1C[C@H](O)[C@@H](O)[C@H](O)[C@H]1CO.Cc1ccccc1.c1ccncc1. The first-order valence-electron chi connectivity index (χ1n) is 44.1. The van der Waals surface area contributed by atoms with Crippen LogP contribution in [0, 0.1) is 30.9 Å². The Bertz CT molecular complexity index is 3840. The lowest BCUT2D eigenvalue weighted by Crippen LogP contribution is -2.62. The molecule has 0 saturated carbocycles. The molecule has 32 nitrogen and oxygen atoms in total. The number of nitrogens with one attached hydrogen (secondary N) is 4. The minimum Gasteiger partial charge on any atom is -0.395 e. The lowest BCUT2D eigenvalue weighted by Gasteiger charge is -2.43. The van der Waals surface area contributed by atoms with Gasteiger partial charge in [0.1, 0.15) is 60.4 Å². The second kappa shape index (κ2) is 61.7. The number of nitro groups is 1. The number of aryl methyl sites for hydroxylation is 3. The topological polar surface area (TPSA) is 506 Å². The number of anilines is 3. The van der Waals surface area contributed by atoms with Gasteiger partial charge in [0, 0.05) is 99.7 Å². The van der Waals surface area contributed by atoms with Gasteiger partial charge in [-0.05, 0) is 201 Å². The van der Waals surface area contributed by atoms with Crippen molar-refractivity contribution in [2.24, 2.45) is 5.73 Å². The van der Waals surface area contributed by atoms with Gasteiger partial charge in [-0.3, -0.25) is 39.7 Å². The number of β-amino-alcohol motifs (C(OH)–C–C–N with tert-alkyl or cyclic N) is 3. The molecule has 0 aliphatic carbocycles. The number of pyridine rings is 2. The summed E-state index contributed by atoms with van der Waals surface area (Å²) in [5, 5.41) is 183. The highest BCUT2D eigenvalue weighted by molar-refractivity contribution is 5.68. The summed E-state index contributed by atoms with van der Waals surface area (Å²) in [6.45, 7) is 14.9. The second-order valence-electron chi connectivity index (χ2n) is 32.2. The number of hydrogen-bond donors (Lipinski definition) is 21. The Morgan fingerprint density at radius 2 is 0.968 bits per heavy atom. The maximum Gasteiger partial charge on any atom is 0.292 e. The molecule has 3 saturated heterocycles. The van der Waals surface area contributed by atoms with E-state index >= 15 is 0 Å². The van der Waals surface area contributed by atoms with Crippen LogP contribution in [-0.4, -0.2) is 331 Å². The molecular formula is C92H147N13O19. The lowest BCUT2D eigenvalue weighted by atomic mass is 9.94. The van der Waals surface area contributed by atoms with Crippen LogP contribution in [0.25, 0.3) is 22.4 Å². The minimum atomic E-state index is -1.24. The normalized spacial score (nSPS) is 21.6. The van der Waals surface area contributed by atoms with Crippen molar-refractivity contribution in [1.82, 2.24) is 40.0 Å². The zero-order valence-corrected chi connectivity index (χ0v) is 73.4. The van der Waals surface area contributed by atoms with Crippen LogP contribution in [0.1, 0.15) is 138 Å². The van der Waals surface area contributed by atoms with E-state index in [1.165, 1.54) is 11.1 Å². The molecule has 694 valence electrons. The number of nitrogens with two attached hydrogens (primary N) is 1. The number of aromatic nitrogens is 3. The fourth-order valence-corrected chi connectivity index (χ4v) is 15.1. The van der Waals surface area contributed by atoms with E-state index in [0.29, 0.717) is 45.0 Å². The average Bonchev–Trinajstić information content (AvgIpc) is 0.972. The first-order valence-corrected chi connectivity index (χ1v) is 44.1. The Labute approximate surface area is 732 Å². The van der Waals surface area contributed by atoms with E-state index in [0.717, 1.165) is 180 Å². The summed E-state index contributed by atoms with van der Waals surface area (Å²) in [6.07, 6.45) is 13.1. The summed E-state index contributed by atoms with van der Waals surface area (Å²) in [5.41, 5.74) is 17.0. The average molecular weight is 1740 g/mol. The van der Waals surface area contributed by atoms with Crippen molar-refractivity contribution < 1.29 is 91.2 Å². The van der Waals surface area contributed by atoms with E-state index in [-0.39, 0.29) is 56.7 Å². The summed E-state index contributed by atoms with van der Waals surface area (Å²) >= 11 is 0. The Morgan fingerprint density at radius 1 is 0.508 bits per heavy atom. The number of rotatable bonds is 45. The van der Waals surface area contributed by atoms with Crippen LogP contribution in [0.15, 0.2) is 157 Å². The van der Waals surface area contributed by atoms with Gasteiger partial charge >= 0.3 is 0 Å². The van der Waals surface area contributed by atoms with Gasteiger partial charge in [0.2, 0.25) is 0 Å². The van der Waals surface area contributed by atoms with E-state index < -0.39 is 97.9 Å². The summed E-state index contributed by atoms with van der Waals surface area (Å²) in [6, 6.07) is 37.5. The molecule has 124 heavy (non-hydrogen) atoms. The quantitative estimate of drug-likeness (QED) is 0.0126. The maximum atomic E-state index is 11.4. The van der Waals surface area contributed by atoms with Crippen molar-refractivity contribution >= 4 is 22.7 Å². The predicted octanol–water partition coefficient (Wildman–Crippen LogP) is 5.58. The Hall–Kier alpha value is -7.69. The van der Waals surface area contributed by atoms with Crippen molar-refractivity contribution in [3.8, 4) is 22.4 Å². The maximum absolute atomic E-state index is 11.4. The molecule has 15 atom stereocenters. The van der Waals surface area contributed by atoms with Crippen LogP contribution in [0.3, 0.4) is 0 Å². The highest BCUT2D eigenvalue weighted by Gasteiger charge is 2.43. The van der Waals surface area contributed by atoms with Gasteiger partial charge in [-0.15, -0.1) is 0 Å². The highest BCUT2D eigenvalue weighted by atomic mass is 16.6. The molecule has 6 heterocycles. The molecule has 3 aromatic heterocycles. The van der Waals surface area contributed by atoms with Gasteiger partial charge in [0.15, 0.2) is 0 Å².